The fourth-order valence-electron chi connectivity index (χ4n) is 1.21. The molecule has 0 fully saturated rings. The first kappa shape index (κ1) is 13.1. The number of nitrogens with zero attached hydrogens (tertiary/aromatic N) is 2. The summed E-state index contributed by atoms with van der Waals surface area (Å²) < 4.78 is 9.62. The predicted octanol–water partition coefficient (Wildman–Crippen LogP) is 0.487. The highest BCUT2D eigenvalue weighted by molar-refractivity contribution is 6.00. The van der Waals surface area contributed by atoms with Crippen LogP contribution in [0.3, 0.4) is 0 Å². The van der Waals surface area contributed by atoms with Crippen molar-refractivity contribution in [2.45, 2.75) is 19.8 Å². The molecular weight excluding hydrogens is 224 g/mol. The van der Waals surface area contributed by atoms with E-state index in [0.29, 0.717) is 0 Å². The minimum Gasteiger partial charge on any atom is -0.465 e. The lowest BCUT2D eigenvalue weighted by molar-refractivity contribution is -0.157. The van der Waals surface area contributed by atoms with Gasteiger partial charge < -0.3 is 9.47 Å². The van der Waals surface area contributed by atoms with E-state index >= 15 is 0 Å². The minimum atomic E-state index is -1.18. The normalized spacial score (nSPS) is 10.1. The monoisotopic (exact) mass is 237 g/mol. The first-order chi connectivity index (χ1) is 8.20. The van der Waals surface area contributed by atoms with Gasteiger partial charge in [-0.15, -0.1) is 0 Å². The van der Waals surface area contributed by atoms with Crippen LogP contribution in [0.25, 0.3) is 0 Å². The Balaban J connectivity index is 2.94. The van der Waals surface area contributed by atoms with Gasteiger partial charge in [0.2, 0.25) is 0 Å². The Kier molecular flexibility index (Phi) is 5.06. The highest BCUT2D eigenvalue weighted by Gasteiger charge is 2.32. The van der Waals surface area contributed by atoms with Crippen LogP contribution in [0.5, 0.6) is 0 Å². The summed E-state index contributed by atoms with van der Waals surface area (Å²) in [4.78, 5) is 30.9. The predicted molar refractivity (Wildman–Crippen MR) is 56.9 cm³/mol. The number of hydrogen-bond donors (Lipinski definition) is 0. The van der Waals surface area contributed by atoms with Crippen molar-refractivity contribution in [3.63, 3.8) is 0 Å². The first-order valence-corrected chi connectivity index (χ1v) is 5.22. The van der Waals surface area contributed by atoms with E-state index < -0.39 is 17.9 Å². The maximum Gasteiger partial charge on any atom is 0.326 e. The van der Waals surface area contributed by atoms with Crippen LogP contribution in [0.4, 0.5) is 0 Å². The van der Waals surface area contributed by atoms with E-state index in [2.05, 4.69) is 16.2 Å². The van der Waals surface area contributed by atoms with E-state index in [9.17, 15) is 9.59 Å². The molecule has 0 aliphatic heterocycles. The lowest BCUT2D eigenvalue weighted by Crippen LogP contribution is -2.27. The average molecular weight is 237 g/mol. The van der Waals surface area contributed by atoms with Gasteiger partial charge in [0.05, 0.1) is 31.3 Å². The van der Waals surface area contributed by atoms with Crippen molar-refractivity contribution in [3.8, 4) is 0 Å². The zero-order valence-corrected chi connectivity index (χ0v) is 9.67. The third kappa shape index (κ3) is 3.51. The molecular formula is C11H13N2O4. The highest BCUT2D eigenvalue weighted by Crippen LogP contribution is 2.16. The second-order valence-corrected chi connectivity index (χ2v) is 3.01. The molecule has 0 amide bonds. The van der Waals surface area contributed by atoms with E-state index in [1.165, 1.54) is 12.4 Å². The van der Waals surface area contributed by atoms with E-state index in [-0.39, 0.29) is 18.9 Å². The van der Waals surface area contributed by atoms with Gasteiger partial charge in [-0.3, -0.25) is 19.6 Å². The van der Waals surface area contributed by atoms with Crippen molar-refractivity contribution < 1.29 is 19.1 Å². The zero-order chi connectivity index (χ0) is 12.7. The van der Waals surface area contributed by atoms with E-state index in [1.807, 2.05) is 0 Å². The number of carbonyl (C=O) groups is 2. The van der Waals surface area contributed by atoms with Crippen molar-refractivity contribution in [3.05, 3.63) is 24.3 Å². The van der Waals surface area contributed by atoms with Gasteiger partial charge in [0.1, 0.15) is 6.20 Å². The largest absolute Gasteiger partial charge is 0.465 e. The Morgan fingerprint density at radius 2 is 1.88 bits per heavy atom. The van der Waals surface area contributed by atoms with Crippen LogP contribution in [0.15, 0.2) is 12.4 Å². The molecule has 6 heteroatoms. The van der Waals surface area contributed by atoms with Crippen molar-refractivity contribution in [1.29, 1.82) is 0 Å². The molecule has 0 aromatic carbocycles. The number of ether oxygens (including phenoxy) is 2. The van der Waals surface area contributed by atoms with Crippen LogP contribution >= 0.6 is 0 Å². The average Bonchev–Trinajstić information content (AvgIpc) is 2.31. The molecule has 1 radical (unpaired) electrons. The van der Waals surface area contributed by atoms with Crippen molar-refractivity contribution in [2.24, 2.45) is 0 Å². The fourth-order valence-corrected chi connectivity index (χ4v) is 1.21. The lowest BCUT2D eigenvalue weighted by atomic mass is 10.1. The minimum absolute atomic E-state index is 0.182. The van der Waals surface area contributed by atoms with Gasteiger partial charge in [-0.05, 0) is 13.8 Å². The molecule has 1 heterocycles. The van der Waals surface area contributed by atoms with E-state index in [1.54, 1.807) is 13.8 Å². The van der Waals surface area contributed by atoms with Gasteiger partial charge >= 0.3 is 11.9 Å². The summed E-state index contributed by atoms with van der Waals surface area (Å²) in [6.45, 7) is 3.68. The van der Waals surface area contributed by atoms with E-state index in [4.69, 9.17) is 9.47 Å². The maximum absolute atomic E-state index is 11.7. The summed E-state index contributed by atoms with van der Waals surface area (Å²) in [5, 5.41) is 0. The Bertz CT molecular complexity index is 362. The molecule has 0 spiro atoms. The molecule has 0 aliphatic rings. The molecule has 17 heavy (non-hydrogen) atoms. The molecule has 0 unspecified atom stereocenters. The summed E-state index contributed by atoms with van der Waals surface area (Å²) in [7, 11) is 0. The van der Waals surface area contributed by atoms with Gasteiger partial charge in [0.15, 0.2) is 5.92 Å². The van der Waals surface area contributed by atoms with Crippen LogP contribution < -0.4 is 0 Å². The molecule has 0 atom stereocenters. The Morgan fingerprint density at radius 3 is 2.29 bits per heavy atom. The Morgan fingerprint density at radius 1 is 1.29 bits per heavy atom. The maximum atomic E-state index is 11.7. The summed E-state index contributed by atoms with van der Waals surface area (Å²) in [5.74, 6) is -2.56. The molecule has 91 valence electrons. The third-order valence-corrected chi connectivity index (χ3v) is 1.88. The summed E-state index contributed by atoms with van der Waals surface area (Å²) in [6.07, 6.45) is 5.03. The Hall–Kier alpha value is -1.98. The molecule has 0 N–H and O–H groups in total. The second kappa shape index (κ2) is 6.57. The Labute approximate surface area is 99.0 Å². The molecule has 0 aliphatic carbocycles. The van der Waals surface area contributed by atoms with Gasteiger partial charge in [0, 0.05) is 0 Å². The van der Waals surface area contributed by atoms with Crippen LogP contribution in [-0.4, -0.2) is 35.1 Å². The molecule has 6 nitrogen and oxygen atoms in total. The fraction of sp³-hybridized carbons (Fsp3) is 0.455. The zero-order valence-electron chi connectivity index (χ0n) is 9.67. The van der Waals surface area contributed by atoms with Crippen molar-refractivity contribution >= 4 is 11.9 Å². The number of carbonyl (C=O) groups excluding carboxylic acids is 2. The highest BCUT2D eigenvalue weighted by atomic mass is 16.6. The van der Waals surface area contributed by atoms with Crippen molar-refractivity contribution in [1.82, 2.24) is 9.97 Å². The van der Waals surface area contributed by atoms with Crippen molar-refractivity contribution in [2.75, 3.05) is 13.2 Å². The molecule has 1 rings (SSSR count). The van der Waals surface area contributed by atoms with Crippen LogP contribution in [-0.2, 0) is 19.1 Å². The number of hydrogen-bond acceptors (Lipinski definition) is 6. The standard InChI is InChI=1S/C11H13N2O4/c1-3-16-10(14)9(11(15)17-4-2)8-7-12-5-6-13-8/h6-7,9H,3-4H2,1-2H3. The van der Waals surface area contributed by atoms with Crippen LogP contribution in [0, 0.1) is 6.20 Å². The number of aromatic nitrogens is 2. The van der Waals surface area contributed by atoms with Gasteiger partial charge in [-0.25, -0.2) is 0 Å². The van der Waals surface area contributed by atoms with Gasteiger partial charge in [0.25, 0.3) is 0 Å². The molecule has 0 saturated carbocycles. The SMILES string of the molecule is CCOC(=O)C(C(=O)OCC)c1cn[c]cn1. The summed E-state index contributed by atoms with van der Waals surface area (Å²) >= 11 is 0. The van der Waals surface area contributed by atoms with Gasteiger partial charge in [-0.2, -0.15) is 0 Å². The molecule has 1 aromatic heterocycles. The van der Waals surface area contributed by atoms with Gasteiger partial charge in [-0.1, -0.05) is 0 Å². The van der Waals surface area contributed by atoms with Crippen LogP contribution in [0.1, 0.15) is 25.5 Å². The van der Waals surface area contributed by atoms with E-state index in [0.717, 1.165) is 0 Å². The molecule has 0 bridgehead atoms. The number of rotatable bonds is 5. The number of esters is 2. The third-order valence-electron chi connectivity index (χ3n) is 1.88. The molecule has 0 saturated heterocycles. The quantitative estimate of drug-likeness (QED) is 0.547. The lowest BCUT2D eigenvalue weighted by Gasteiger charge is -2.12. The topological polar surface area (TPSA) is 78.4 Å². The molecule has 1 aromatic rings. The first-order valence-electron chi connectivity index (χ1n) is 5.22. The summed E-state index contributed by atoms with van der Waals surface area (Å²) in [6, 6.07) is 0. The van der Waals surface area contributed by atoms with Crippen LogP contribution in [0.2, 0.25) is 0 Å². The summed E-state index contributed by atoms with van der Waals surface area (Å²) in [5.41, 5.74) is 0.195. The second-order valence-electron chi connectivity index (χ2n) is 3.01. The smallest absolute Gasteiger partial charge is 0.326 e.